The Morgan fingerprint density at radius 2 is 2.18 bits per heavy atom. The highest BCUT2D eigenvalue weighted by molar-refractivity contribution is 8.03. The van der Waals surface area contributed by atoms with Gasteiger partial charge in [-0.3, -0.25) is 19.8 Å². The van der Waals surface area contributed by atoms with Crippen molar-refractivity contribution < 1.29 is 19.5 Å². The number of rotatable bonds is 8. The molecule has 0 radical (unpaired) electrons. The van der Waals surface area contributed by atoms with Gasteiger partial charge in [-0.25, -0.2) is 4.68 Å². The third-order valence-corrected chi connectivity index (χ3v) is 9.16. The van der Waals surface area contributed by atoms with E-state index in [-0.39, 0.29) is 72.0 Å². The molecule has 16 heteroatoms. The van der Waals surface area contributed by atoms with E-state index in [4.69, 9.17) is 11.1 Å². The number of nitrogens with zero attached hydrogens (tertiary/aromatic N) is 6. The first kappa shape index (κ1) is 26.4. The molecule has 3 saturated heterocycles. The lowest BCUT2D eigenvalue weighted by Crippen LogP contribution is -2.64. The topological polar surface area (TPSA) is 207 Å². The van der Waals surface area contributed by atoms with E-state index in [1.165, 1.54) is 11.0 Å². The smallest absolute Gasteiger partial charge is 0.242 e. The van der Waals surface area contributed by atoms with E-state index in [1.54, 1.807) is 21.6 Å². The fourth-order valence-electron chi connectivity index (χ4n) is 5.82. The number of carbonyl (C=O) groups is 3. The van der Waals surface area contributed by atoms with Crippen LogP contribution in [0.25, 0.3) is 0 Å². The summed E-state index contributed by atoms with van der Waals surface area (Å²) in [6.45, 7) is 5.08. The van der Waals surface area contributed by atoms with Gasteiger partial charge < -0.3 is 36.6 Å². The Bertz CT molecular complexity index is 1130. The van der Waals surface area contributed by atoms with E-state index in [0.29, 0.717) is 19.5 Å². The second-order valence-electron chi connectivity index (χ2n) is 10.4. The average molecular weight is 548 g/mol. The molecule has 206 valence electrons. The number of β-amino-alcohol motifs (C(OH)–C–C–N with tert-alkyl or cyclic N) is 1. The summed E-state index contributed by atoms with van der Waals surface area (Å²) >= 11 is 1.69. The minimum Gasteiger partial charge on any atom is -0.389 e. The summed E-state index contributed by atoms with van der Waals surface area (Å²) in [6.07, 6.45) is 3.13. The number of thioether (sulfide) groups is 1. The summed E-state index contributed by atoms with van der Waals surface area (Å²) < 4.78 is 1.33. The van der Waals surface area contributed by atoms with Crippen LogP contribution in [0.1, 0.15) is 20.3 Å². The van der Waals surface area contributed by atoms with Crippen molar-refractivity contribution in [2.75, 3.05) is 19.6 Å². The third kappa shape index (κ3) is 5.07. The van der Waals surface area contributed by atoms with Crippen LogP contribution in [0.15, 0.2) is 17.4 Å². The number of nitrogens with one attached hydrogen (secondary N) is 4. The van der Waals surface area contributed by atoms with E-state index in [9.17, 15) is 19.5 Å². The molecule has 4 aliphatic rings. The fraction of sp³-hybridized carbons (Fsp3) is 0.682. The highest BCUT2D eigenvalue weighted by Gasteiger charge is 2.56. The molecule has 5 heterocycles. The van der Waals surface area contributed by atoms with Gasteiger partial charge in [-0.2, -0.15) is 0 Å². The number of carbonyl (C=O) groups excluding carboxylic acids is 3. The number of aliphatic hydroxyl groups excluding tert-OH is 1. The predicted octanol–water partition coefficient (Wildman–Crippen LogP) is -2.99. The van der Waals surface area contributed by atoms with Crippen LogP contribution in [0, 0.1) is 17.2 Å². The van der Waals surface area contributed by atoms with Crippen LogP contribution in [0.3, 0.4) is 0 Å². The van der Waals surface area contributed by atoms with E-state index in [2.05, 4.69) is 38.4 Å². The number of amides is 3. The molecular formula is C22H33N11O4S. The van der Waals surface area contributed by atoms with Crippen molar-refractivity contribution in [1.29, 1.82) is 5.41 Å². The van der Waals surface area contributed by atoms with Crippen molar-refractivity contribution in [2.45, 2.75) is 62.3 Å². The summed E-state index contributed by atoms with van der Waals surface area (Å²) in [4.78, 5) is 42.8. The van der Waals surface area contributed by atoms with Gasteiger partial charge in [-0.15, -0.1) is 16.9 Å². The van der Waals surface area contributed by atoms with Gasteiger partial charge in [0.2, 0.25) is 17.7 Å². The van der Waals surface area contributed by atoms with Gasteiger partial charge in [0.1, 0.15) is 12.9 Å². The molecule has 5 rings (SSSR count). The molecule has 0 aromatic carbocycles. The van der Waals surface area contributed by atoms with Crippen LogP contribution in [-0.4, -0.2) is 114 Å². The SMILES string of the molecule is C[C@@H](NC(=O)Cn1cnnn1)[C@H]1C(=O)N2C=C(S[C@@H]3CN[C@H](C(=O)N4C[C@H](NC(=N)N)[C@@H](O)C4)C3)[C@H](C)[C@H]12. The van der Waals surface area contributed by atoms with Crippen molar-refractivity contribution in [2.24, 2.45) is 17.6 Å². The van der Waals surface area contributed by atoms with Gasteiger partial charge in [-0.1, -0.05) is 6.92 Å². The number of fused-ring (bicyclic) bond motifs is 1. The van der Waals surface area contributed by atoms with Crippen LogP contribution in [0.5, 0.6) is 0 Å². The van der Waals surface area contributed by atoms with Crippen LogP contribution < -0.4 is 21.7 Å². The van der Waals surface area contributed by atoms with Gasteiger partial charge in [0, 0.05) is 47.9 Å². The van der Waals surface area contributed by atoms with Crippen molar-refractivity contribution in [1.82, 2.24) is 46.0 Å². The number of β-lactam (4-membered cyclic amide) rings is 1. The molecule has 7 N–H and O–H groups in total. The van der Waals surface area contributed by atoms with E-state index >= 15 is 0 Å². The number of aliphatic hydroxyl groups is 1. The maximum absolute atomic E-state index is 13.1. The number of aromatic nitrogens is 4. The van der Waals surface area contributed by atoms with Crippen LogP contribution in [0.2, 0.25) is 0 Å². The first-order chi connectivity index (χ1) is 18.1. The van der Waals surface area contributed by atoms with E-state index in [0.717, 1.165) is 4.91 Å². The first-order valence-corrected chi connectivity index (χ1v) is 13.5. The van der Waals surface area contributed by atoms with Gasteiger partial charge in [0.05, 0.1) is 30.1 Å². The number of hydrogen-bond donors (Lipinski definition) is 6. The molecule has 0 saturated carbocycles. The Balaban J connectivity index is 1.12. The molecule has 0 aliphatic carbocycles. The number of hydrogen-bond acceptors (Lipinski definition) is 10. The lowest BCUT2D eigenvalue weighted by molar-refractivity contribution is -0.153. The maximum atomic E-state index is 13.1. The Morgan fingerprint density at radius 1 is 1.39 bits per heavy atom. The van der Waals surface area contributed by atoms with Crippen LogP contribution >= 0.6 is 11.8 Å². The van der Waals surface area contributed by atoms with Gasteiger partial charge in [-0.05, 0) is 23.8 Å². The number of nitrogens with two attached hydrogens (primary N) is 1. The Kier molecular flexibility index (Phi) is 7.28. The molecule has 3 fully saturated rings. The summed E-state index contributed by atoms with van der Waals surface area (Å²) in [6, 6.07) is -1.15. The van der Waals surface area contributed by atoms with Gasteiger partial charge in [0.25, 0.3) is 0 Å². The lowest BCUT2D eigenvalue weighted by atomic mass is 9.78. The summed E-state index contributed by atoms with van der Waals surface area (Å²) in [5.41, 5.74) is 5.38. The molecule has 0 unspecified atom stereocenters. The first-order valence-electron chi connectivity index (χ1n) is 12.6. The van der Waals surface area contributed by atoms with Crippen molar-refractivity contribution in [3.8, 4) is 0 Å². The molecule has 0 spiro atoms. The molecule has 0 bridgehead atoms. The summed E-state index contributed by atoms with van der Waals surface area (Å²) in [7, 11) is 0. The molecule has 4 aliphatic heterocycles. The molecular weight excluding hydrogens is 514 g/mol. The number of likely N-dealkylation sites (tertiary alicyclic amines) is 1. The molecule has 1 aromatic heterocycles. The number of guanidine groups is 1. The minimum atomic E-state index is -0.777. The molecule has 3 amide bonds. The second-order valence-corrected chi connectivity index (χ2v) is 11.7. The molecule has 38 heavy (non-hydrogen) atoms. The fourth-order valence-corrected chi connectivity index (χ4v) is 7.20. The second kappa shape index (κ2) is 10.5. The third-order valence-electron chi connectivity index (χ3n) is 7.71. The minimum absolute atomic E-state index is 0.00779. The highest BCUT2D eigenvalue weighted by atomic mass is 32.2. The Hall–Kier alpha value is -3.24. The van der Waals surface area contributed by atoms with Gasteiger partial charge >= 0.3 is 0 Å². The normalized spacial score (nSPS) is 33.0. The quantitative estimate of drug-likeness (QED) is 0.110. The zero-order valence-electron chi connectivity index (χ0n) is 21.1. The van der Waals surface area contributed by atoms with Crippen LogP contribution in [-0.2, 0) is 20.9 Å². The van der Waals surface area contributed by atoms with Gasteiger partial charge in [0.15, 0.2) is 5.96 Å². The largest absolute Gasteiger partial charge is 0.389 e. The molecule has 15 nitrogen and oxygen atoms in total. The zero-order valence-corrected chi connectivity index (χ0v) is 22.0. The summed E-state index contributed by atoms with van der Waals surface area (Å²) in [5, 5.41) is 37.4. The summed E-state index contributed by atoms with van der Waals surface area (Å²) in [5.74, 6) is -0.768. The number of tetrazole rings is 1. The molecule has 8 atom stereocenters. The van der Waals surface area contributed by atoms with Crippen molar-refractivity contribution >= 4 is 35.4 Å². The average Bonchev–Trinajstić information content (AvgIpc) is 3.64. The maximum Gasteiger partial charge on any atom is 0.242 e. The van der Waals surface area contributed by atoms with Crippen molar-refractivity contribution in [3.05, 3.63) is 17.4 Å². The Morgan fingerprint density at radius 3 is 2.89 bits per heavy atom. The molecule has 1 aromatic rings. The zero-order chi connectivity index (χ0) is 27.1. The van der Waals surface area contributed by atoms with Crippen molar-refractivity contribution in [3.63, 3.8) is 0 Å². The lowest BCUT2D eigenvalue weighted by Gasteiger charge is -2.46. The van der Waals surface area contributed by atoms with E-state index in [1.807, 2.05) is 13.1 Å². The van der Waals surface area contributed by atoms with E-state index < -0.39 is 12.1 Å². The highest BCUT2D eigenvalue weighted by Crippen LogP contribution is 2.48. The van der Waals surface area contributed by atoms with Crippen LogP contribution in [0.4, 0.5) is 0 Å². The predicted molar refractivity (Wildman–Crippen MR) is 136 cm³/mol. The Labute approximate surface area is 223 Å². The monoisotopic (exact) mass is 547 g/mol. The standard InChI is InChI=1S/C22H33N11O4S/c1-10-16(7-33-19(10)18(21(33)37)11(2)27-17(35)8-32-9-26-29-30-32)38-12-3-13(25-4-12)20(36)31-5-14(15(34)6-31)28-22(23)24/h7,9-15,18-19,25,34H,3-6,8H2,1-2H3,(H,27,35)(H4,23,24,28)/t10-,11+,12-,13-,14-,15-,18+,19+/m0/s1.